The Bertz CT molecular complexity index is 691. The molecule has 16 heavy (non-hydrogen) atoms. The summed E-state index contributed by atoms with van der Waals surface area (Å²) in [7, 11) is 0. The van der Waals surface area contributed by atoms with Crippen LogP contribution in [0.3, 0.4) is 0 Å². The summed E-state index contributed by atoms with van der Waals surface area (Å²) >= 11 is 0. The maximum Gasteiger partial charge on any atom is 0.179 e. The van der Waals surface area contributed by atoms with Crippen LogP contribution in [0.2, 0.25) is 0 Å². The molecular formula is C14H9NO. The van der Waals surface area contributed by atoms with E-state index in [1.54, 1.807) is 18.3 Å². The normalized spacial score (nSPS) is 10.8. The Morgan fingerprint density at radius 2 is 1.81 bits per heavy atom. The molecule has 0 saturated carbocycles. The van der Waals surface area contributed by atoms with Gasteiger partial charge in [0, 0.05) is 23.3 Å². The zero-order chi connectivity index (χ0) is 11.0. The Morgan fingerprint density at radius 3 is 2.75 bits per heavy atom. The summed E-state index contributed by atoms with van der Waals surface area (Å²) in [6.07, 6.45) is 3.61. The monoisotopic (exact) mass is 207 g/mol. The minimum atomic E-state index is 0.0313. The van der Waals surface area contributed by atoms with Crippen LogP contribution in [0.25, 0.3) is 21.9 Å². The van der Waals surface area contributed by atoms with Crippen molar-refractivity contribution in [1.29, 1.82) is 0 Å². The smallest absolute Gasteiger partial charge is 0.179 e. The summed E-state index contributed by atoms with van der Waals surface area (Å²) in [6, 6.07) is 13.0. The van der Waals surface area contributed by atoms with Gasteiger partial charge in [-0.15, -0.1) is 0 Å². The summed E-state index contributed by atoms with van der Waals surface area (Å²) in [5.41, 5.74) is 1.98. The van der Waals surface area contributed by atoms with Crippen LogP contribution in [0.1, 0.15) is 0 Å². The minimum absolute atomic E-state index is 0.0313. The van der Waals surface area contributed by atoms with Crippen molar-refractivity contribution in [2.24, 2.45) is 0 Å². The van der Waals surface area contributed by atoms with Crippen molar-refractivity contribution in [3.05, 3.63) is 65.1 Å². The van der Waals surface area contributed by atoms with Gasteiger partial charge in [-0.05, 0) is 29.1 Å². The zero-order valence-electron chi connectivity index (χ0n) is 8.55. The molecule has 0 N–H and O–H groups in total. The topological polar surface area (TPSA) is 30.0 Å². The molecule has 1 aliphatic heterocycles. The molecular weight excluding hydrogens is 198 g/mol. The standard InChI is InChI=1S/C14H9NO/c16-12-6-5-11-9-15-8-10-3-1-2-4-13(10)14(11)7-12/h1-9H. The van der Waals surface area contributed by atoms with Crippen molar-refractivity contribution in [2.45, 2.75) is 0 Å². The average molecular weight is 207 g/mol. The lowest BCUT2D eigenvalue weighted by molar-refractivity contribution is 1.38. The van der Waals surface area contributed by atoms with Crippen LogP contribution in [0, 0.1) is 0 Å². The predicted molar refractivity (Wildman–Crippen MR) is 64.6 cm³/mol. The lowest BCUT2D eigenvalue weighted by atomic mass is 10.0. The van der Waals surface area contributed by atoms with Crippen molar-refractivity contribution in [1.82, 2.24) is 4.98 Å². The highest BCUT2D eigenvalue weighted by molar-refractivity contribution is 5.95. The Kier molecular flexibility index (Phi) is 1.93. The summed E-state index contributed by atoms with van der Waals surface area (Å²) in [5, 5.41) is 2.11. The molecule has 1 aromatic carbocycles. The third kappa shape index (κ3) is 1.36. The lowest BCUT2D eigenvalue weighted by Crippen LogP contribution is -1.96. The number of aromatic nitrogens is 1. The maximum absolute atomic E-state index is 11.4. The fourth-order valence-electron chi connectivity index (χ4n) is 1.93. The molecule has 2 nitrogen and oxygen atoms in total. The van der Waals surface area contributed by atoms with Gasteiger partial charge < -0.3 is 0 Å². The van der Waals surface area contributed by atoms with Gasteiger partial charge in [0.2, 0.25) is 0 Å². The minimum Gasteiger partial charge on any atom is -0.290 e. The molecule has 0 radical (unpaired) electrons. The average Bonchev–Trinajstić information content (AvgIpc) is 2.48. The number of benzene rings is 2. The van der Waals surface area contributed by atoms with E-state index in [1.165, 1.54) is 0 Å². The molecule has 0 saturated heterocycles. The van der Waals surface area contributed by atoms with Crippen LogP contribution >= 0.6 is 0 Å². The van der Waals surface area contributed by atoms with E-state index in [9.17, 15) is 4.79 Å². The van der Waals surface area contributed by atoms with Crippen LogP contribution in [0.4, 0.5) is 0 Å². The SMILES string of the molecule is O=c1ccc2cncc3ccccc3c-2c1. The summed E-state index contributed by atoms with van der Waals surface area (Å²) in [6.45, 7) is 0. The van der Waals surface area contributed by atoms with Crippen molar-refractivity contribution in [2.75, 3.05) is 0 Å². The van der Waals surface area contributed by atoms with Crippen molar-refractivity contribution >= 4 is 10.8 Å². The van der Waals surface area contributed by atoms with E-state index in [-0.39, 0.29) is 5.43 Å². The van der Waals surface area contributed by atoms with Crippen molar-refractivity contribution in [3.8, 4) is 11.1 Å². The van der Waals surface area contributed by atoms with Gasteiger partial charge in [-0.25, -0.2) is 0 Å². The summed E-state index contributed by atoms with van der Waals surface area (Å²) < 4.78 is 0. The van der Waals surface area contributed by atoms with Crippen LogP contribution < -0.4 is 5.43 Å². The summed E-state index contributed by atoms with van der Waals surface area (Å²) in [5.74, 6) is 0. The molecule has 0 fully saturated rings. The highest BCUT2D eigenvalue weighted by Gasteiger charge is 2.04. The van der Waals surface area contributed by atoms with E-state index in [2.05, 4.69) is 4.98 Å². The Labute approximate surface area is 92.5 Å². The number of hydrogen-bond donors (Lipinski definition) is 0. The molecule has 0 unspecified atom stereocenters. The Hall–Kier alpha value is -2.22. The fraction of sp³-hybridized carbons (Fsp3) is 0. The van der Waals surface area contributed by atoms with Gasteiger partial charge in [-0.3, -0.25) is 9.78 Å². The number of nitrogens with zero attached hydrogens (tertiary/aromatic N) is 1. The first-order chi connectivity index (χ1) is 7.84. The molecule has 1 heterocycles. The first-order valence-corrected chi connectivity index (χ1v) is 5.11. The number of rotatable bonds is 0. The van der Waals surface area contributed by atoms with E-state index in [4.69, 9.17) is 0 Å². The van der Waals surface area contributed by atoms with Gasteiger partial charge in [0.05, 0.1) is 0 Å². The summed E-state index contributed by atoms with van der Waals surface area (Å²) in [4.78, 5) is 15.6. The van der Waals surface area contributed by atoms with E-state index in [0.717, 1.165) is 21.9 Å². The first-order valence-electron chi connectivity index (χ1n) is 5.11. The van der Waals surface area contributed by atoms with Crippen molar-refractivity contribution in [3.63, 3.8) is 0 Å². The maximum atomic E-state index is 11.4. The third-order valence-corrected chi connectivity index (χ3v) is 2.70. The molecule has 2 heteroatoms. The van der Waals surface area contributed by atoms with Gasteiger partial charge in [-0.2, -0.15) is 0 Å². The molecule has 0 spiro atoms. The highest BCUT2D eigenvalue weighted by Crippen LogP contribution is 2.26. The van der Waals surface area contributed by atoms with Gasteiger partial charge in [0.1, 0.15) is 0 Å². The predicted octanol–water partition coefficient (Wildman–Crippen LogP) is 2.70. The van der Waals surface area contributed by atoms with E-state index in [0.29, 0.717) is 0 Å². The molecule has 0 aromatic heterocycles. The van der Waals surface area contributed by atoms with E-state index in [1.807, 2.05) is 36.5 Å². The Balaban J connectivity index is 2.59. The second-order valence-electron chi connectivity index (χ2n) is 3.74. The van der Waals surface area contributed by atoms with Crippen LogP contribution in [-0.2, 0) is 0 Å². The van der Waals surface area contributed by atoms with Crippen LogP contribution in [0.15, 0.2) is 59.7 Å². The molecule has 0 bridgehead atoms. The molecule has 0 amide bonds. The van der Waals surface area contributed by atoms with Gasteiger partial charge >= 0.3 is 0 Å². The molecule has 1 aromatic rings. The molecule has 2 aliphatic rings. The lowest BCUT2D eigenvalue weighted by Gasteiger charge is -2.01. The van der Waals surface area contributed by atoms with Crippen molar-refractivity contribution < 1.29 is 0 Å². The van der Waals surface area contributed by atoms with Crippen LogP contribution in [0.5, 0.6) is 0 Å². The molecule has 1 aliphatic carbocycles. The largest absolute Gasteiger partial charge is 0.290 e. The van der Waals surface area contributed by atoms with Gasteiger partial charge in [-0.1, -0.05) is 24.3 Å². The van der Waals surface area contributed by atoms with Gasteiger partial charge in [0.15, 0.2) is 5.43 Å². The fourth-order valence-corrected chi connectivity index (χ4v) is 1.93. The molecule has 3 rings (SSSR count). The van der Waals surface area contributed by atoms with E-state index < -0.39 is 0 Å². The van der Waals surface area contributed by atoms with Crippen LogP contribution in [-0.4, -0.2) is 4.98 Å². The van der Waals surface area contributed by atoms with E-state index >= 15 is 0 Å². The molecule has 76 valence electrons. The second kappa shape index (κ2) is 3.42. The van der Waals surface area contributed by atoms with Gasteiger partial charge in [0.25, 0.3) is 0 Å². The second-order valence-corrected chi connectivity index (χ2v) is 3.74. The zero-order valence-corrected chi connectivity index (χ0v) is 8.55. The highest BCUT2D eigenvalue weighted by atomic mass is 16.1. The number of fused-ring (bicyclic) bond motifs is 3. The first kappa shape index (κ1) is 9.04. The molecule has 0 atom stereocenters. The third-order valence-electron chi connectivity index (χ3n) is 2.70. The quantitative estimate of drug-likeness (QED) is 0.567. The number of hydrogen-bond acceptors (Lipinski definition) is 2. The Morgan fingerprint density at radius 1 is 0.938 bits per heavy atom.